The molecule has 1 aliphatic rings. The number of hydrogen-bond donors (Lipinski definition) is 1. The van der Waals surface area contributed by atoms with Gasteiger partial charge in [0.15, 0.2) is 0 Å². The van der Waals surface area contributed by atoms with Gasteiger partial charge in [0, 0.05) is 42.8 Å². The van der Waals surface area contributed by atoms with Crippen molar-refractivity contribution in [1.82, 2.24) is 20.3 Å². The molecule has 1 aliphatic heterocycles. The highest BCUT2D eigenvalue weighted by Crippen LogP contribution is 2.35. The second kappa shape index (κ2) is 8.93. The summed E-state index contributed by atoms with van der Waals surface area (Å²) in [5.41, 5.74) is 1.63. The first-order valence-corrected chi connectivity index (χ1v) is 10.5. The average Bonchev–Trinajstić information content (AvgIpc) is 3.43. The number of anilines is 1. The lowest BCUT2D eigenvalue weighted by Gasteiger charge is -2.24. The number of hydrogen-bond acceptors (Lipinski definition) is 6. The third-order valence-electron chi connectivity index (χ3n) is 4.92. The van der Waals surface area contributed by atoms with E-state index < -0.39 is 0 Å². The van der Waals surface area contributed by atoms with Gasteiger partial charge < -0.3 is 10.2 Å². The molecule has 1 N–H and O–H groups in total. The topological polar surface area (TPSA) is 71.0 Å². The summed E-state index contributed by atoms with van der Waals surface area (Å²) in [6, 6.07) is 9.97. The number of pyridine rings is 2. The molecule has 1 saturated heterocycles. The molecule has 144 valence electrons. The molecule has 6 nitrogen and oxygen atoms in total. The summed E-state index contributed by atoms with van der Waals surface area (Å²) in [4.78, 5) is 27.9. The Bertz CT molecular complexity index is 883. The van der Waals surface area contributed by atoms with Gasteiger partial charge in [0.2, 0.25) is 0 Å². The van der Waals surface area contributed by atoms with Crippen molar-refractivity contribution in [3.05, 3.63) is 70.6 Å². The molecular formula is C21H23N5OS. The Hall–Kier alpha value is -2.80. The van der Waals surface area contributed by atoms with Crippen LogP contribution in [-0.2, 0) is 6.42 Å². The molecule has 1 atom stereocenters. The third kappa shape index (κ3) is 4.36. The summed E-state index contributed by atoms with van der Waals surface area (Å²) in [6.45, 7) is 1.59. The lowest BCUT2D eigenvalue weighted by Crippen LogP contribution is -2.26. The van der Waals surface area contributed by atoms with Crippen molar-refractivity contribution in [2.24, 2.45) is 0 Å². The molecule has 1 fully saturated rings. The monoisotopic (exact) mass is 393 g/mol. The molecule has 4 rings (SSSR count). The van der Waals surface area contributed by atoms with Gasteiger partial charge in [-0.25, -0.2) is 9.97 Å². The molecule has 0 spiro atoms. The van der Waals surface area contributed by atoms with E-state index in [0.29, 0.717) is 18.2 Å². The molecule has 28 heavy (non-hydrogen) atoms. The van der Waals surface area contributed by atoms with Gasteiger partial charge >= 0.3 is 0 Å². The Balaban J connectivity index is 1.31. The third-order valence-corrected chi connectivity index (χ3v) is 5.79. The van der Waals surface area contributed by atoms with Crippen LogP contribution in [0.4, 0.5) is 5.82 Å². The minimum absolute atomic E-state index is 0.0852. The normalized spacial score (nSPS) is 16.3. The summed E-state index contributed by atoms with van der Waals surface area (Å²) < 4.78 is 0. The molecular weight excluding hydrogens is 370 g/mol. The number of aryl methyl sites for hydroxylation is 1. The molecule has 3 aromatic heterocycles. The number of rotatable bonds is 7. The molecule has 1 unspecified atom stereocenters. The fraction of sp³-hybridized carbons (Fsp3) is 0.333. The van der Waals surface area contributed by atoms with Crippen molar-refractivity contribution < 1.29 is 4.79 Å². The van der Waals surface area contributed by atoms with E-state index >= 15 is 0 Å². The van der Waals surface area contributed by atoms with Gasteiger partial charge in [0.25, 0.3) is 5.91 Å². The van der Waals surface area contributed by atoms with Crippen molar-refractivity contribution in [2.45, 2.75) is 31.7 Å². The SMILES string of the molecule is O=C(NCCCc1ccccn1)c1ccc(N2CCCC2c2nccs2)nc1. The van der Waals surface area contributed by atoms with Gasteiger partial charge in [-0.3, -0.25) is 9.78 Å². The van der Waals surface area contributed by atoms with Crippen molar-refractivity contribution in [1.29, 1.82) is 0 Å². The Labute approximate surface area is 168 Å². The Morgan fingerprint density at radius 2 is 2.14 bits per heavy atom. The maximum absolute atomic E-state index is 12.4. The standard InChI is InChI=1S/C21H23N5OS/c27-20(23-11-3-6-17-5-1-2-10-22-17)16-8-9-19(25-15-16)26-13-4-7-18(26)21-24-12-14-28-21/h1-2,5,8-10,12,14-15,18H,3-4,6-7,11,13H2,(H,23,27). The molecule has 4 heterocycles. The highest BCUT2D eigenvalue weighted by molar-refractivity contribution is 7.09. The van der Waals surface area contributed by atoms with Crippen LogP contribution in [0.2, 0.25) is 0 Å². The maximum atomic E-state index is 12.4. The number of amides is 1. The van der Waals surface area contributed by atoms with Gasteiger partial charge in [-0.05, 0) is 49.9 Å². The van der Waals surface area contributed by atoms with E-state index in [-0.39, 0.29) is 5.91 Å². The maximum Gasteiger partial charge on any atom is 0.252 e. The smallest absolute Gasteiger partial charge is 0.252 e. The van der Waals surface area contributed by atoms with E-state index in [1.54, 1.807) is 23.7 Å². The number of nitrogens with zero attached hydrogens (tertiary/aromatic N) is 4. The highest BCUT2D eigenvalue weighted by atomic mass is 32.1. The fourth-order valence-electron chi connectivity index (χ4n) is 3.51. The second-order valence-corrected chi connectivity index (χ2v) is 7.73. The van der Waals surface area contributed by atoms with Crippen LogP contribution < -0.4 is 10.2 Å². The fourth-order valence-corrected chi connectivity index (χ4v) is 4.29. The first-order chi connectivity index (χ1) is 13.8. The number of carbonyl (C=O) groups excluding carboxylic acids is 1. The van der Waals surface area contributed by atoms with E-state index in [1.165, 1.54) is 0 Å². The molecule has 7 heteroatoms. The zero-order chi connectivity index (χ0) is 19.2. The van der Waals surface area contributed by atoms with Crippen LogP contribution in [0.25, 0.3) is 0 Å². The molecule has 0 bridgehead atoms. The Morgan fingerprint density at radius 3 is 2.89 bits per heavy atom. The van der Waals surface area contributed by atoms with Gasteiger partial charge in [-0.2, -0.15) is 0 Å². The molecule has 0 saturated carbocycles. The van der Waals surface area contributed by atoms with E-state index in [0.717, 1.165) is 48.7 Å². The van der Waals surface area contributed by atoms with Crippen molar-refractivity contribution in [2.75, 3.05) is 18.0 Å². The largest absolute Gasteiger partial charge is 0.352 e. The van der Waals surface area contributed by atoms with E-state index in [4.69, 9.17) is 0 Å². The summed E-state index contributed by atoms with van der Waals surface area (Å²) in [5.74, 6) is 0.822. The second-order valence-electron chi connectivity index (χ2n) is 6.81. The van der Waals surface area contributed by atoms with Crippen molar-refractivity contribution in [3.63, 3.8) is 0 Å². The van der Waals surface area contributed by atoms with Crippen LogP contribution in [0.3, 0.4) is 0 Å². The van der Waals surface area contributed by atoms with Crippen molar-refractivity contribution >= 4 is 23.1 Å². The van der Waals surface area contributed by atoms with E-state index in [9.17, 15) is 4.79 Å². The van der Waals surface area contributed by atoms with Gasteiger partial charge in [0.05, 0.1) is 11.6 Å². The number of carbonyl (C=O) groups is 1. The summed E-state index contributed by atoms with van der Waals surface area (Å²) in [7, 11) is 0. The van der Waals surface area contributed by atoms with Crippen LogP contribution in [0.15, 0.2) is 54.3 Å². The lowest BCUT2D eigenvalue weighted by molar-refractivity contribution is 0.0953. The van der Waals surface area contributed by atoms with E-state index in [1.807, 2.05) is 41.9 Å². The van der Waals surface area contributed by atoms with Crippen molar-refractivity contribution in [3.8, 4) is 0 Å². The van der Waals surface area contributed by atoms with Gasteiger partial charge in [-0.1, -0.05) is 6.07 Å². The molecule has 1 amide bonds. The highest BCUT2D eigenvalue weighted by Gasteiger charge is 2.28. The zero-order valence-corrected chi connectivity index (χ0v) is 16.4. The number of thiazole rings is 1. The van der Waals surface area contributed by atoms with Crippen LogP contribution in [-0.4, -0.2) is 33.9 Å². The van der Waals surface area contributed by atoms with Crippen LogP contribution >= 0.6 is 11.3 Å². The first-order valence-electron chi connectivity index (χ1n) is 9.61. The Kier molecular flexibility index (Phi) is 5.92. The number of aromatic nitrogens is 3. The minimum atomic E-state index is -0.0852. The first kappa shape index (κ1) is 18.6. The number of nitrogens with one attached hydrogen (secondary N) is 1. The predicted molar refractivity (Wildman–Crippen MR) is 111 cm³/mol. The Morgan fingerprint density at radius 1 is 1.18 bits per heavy atom. The molecule has 0 aromatic carbocycles. The quantitative estimate of drug-likeness (QED) is 0.621. The zero-order valence-electron chi connectivity index (χ0n) is 15.6. The van der Waals surface area contributed by atoms with E-state index in [2.05, 4.69) is 25.2 Å². The summed E-state index contributed by atoms with van der Waals surface area (Å²) >= 11 is 1.69. The summed E-state index contributed by atoms with van der Waals surface area (Å²) in [6.07, 6.45) is 9.24. The van der Waals surface area contributed by atoms with Crippen LogP contribution in [0.5, 0.6) is 0 Å². The average molecular weight is 394 g/mol. The molecule has 3 aromatic rings. The lowest BCUT2D eigenvalue weighted by atomic mass is 10.2. The van der Waals surface area contributed by atoms with Gasteiger partial charge in [-0.15, -0.1) is 11.3 Å². The van der Waals surface area contributed by atoms with Crippen LogP contribution in [0.1, 0.15) is 46.4 Å². The van der Waals surface area contributed by atoms with Crippen LogP contribution in [0, 0.1) is 0 Å². The molecule has 0 aliphatic carbocycles. The minimum Gasteiger partial charge on any atom is -0.352 e. The molecule has 0 radical (unpaired) electrons. The van der Waals surface area contributed by atoms with Gasteiger partial charge in [0.1, 0.15) is 10.8 Å². The summed E-state index contributed by atoms with van der Waals surface area (Å²) in [5, 5.41) is 6.11. The predicted octanol–water partition coefficient (Wildman–Crippen LogP) is 3.64.